The van der Waals surface area contributed by atoms with Gasteiger partial charge in [-0.1, -0.05) is 0 Å². The SMILES string of the molecule is O=C1c2c(c3c4ccc(O)cc4n([C@@H]4O[C@H](CO)[C@@H](O)[C@H](O)[C@H]4O)c3c3[nH]c4cc(O)ccc4c23)C(=O)N1NCc1ccc(CO)s1. The van der Waals surface area contributed by atoms with Gasteiger partial charge in [-0.05, 0) is 36.4 Å². The molecule has 15 heteroatoms. The van der Waals surface area contributed by atoms with Gasteiger partial charge >= 0.3 is 0 Å². The fourth-order valence-corrected chi connectivity index (χ4v) is 7.69. The molecule has 0 aliphatic carbocycles. The summed E-state index contributed by atoms with van der Waals surface area (Å²) in [5.74, 6) is -1.51. The number of rotatable bonds is 6. The first-order valence-electron chi connectivity index (χ1n) is 14.7. The number of aromatic hydroxyl groups is 2. The Kier molecular flexibility index (Phi) is 6.80. The number of nitrogens with zero attached hydrogens (tertiary/aromatic N) is 2. The number of aliphatic hydroxyl groups excluding tert-OH is 5. The Balaban J connectivity index is 1.44. The lowest BCUT2D eigenvalue weighted by Crippen LogP contribution is -2.56. The first kappa shape index (κ1) is 29.8. The lowest BCUT2D eigenvalue weighted by molar-refractivity contribution is -0.249. The largest absolute Gasteiger partial charge is 0.508 e. The van der Waals surface area contributed by atoms with Crippen molar-refractivity contribution in [1.82, 2.24) is 20.0 Å². The maximum atomic E-state index is 14.3. The van der Waals surface area contributed by atoms with E-state index in [1.807, 2.05) is 0 Å². The molecule has 5 atom stereocenters. The van der Waals surface area contributed by atoms with Gasteiger partial charge in [0.2, 0.25) is 0 Å². The van der Waals surface area contributed by atoms with Crippen LogP contribution < -0.4 is 5.43 Å². The van der Waals surface area contributed by atoms with Crippen LogP contribution in [0.5, 0.6) is 11.5 Å². The number of phenolic OH excluding ortho intramolecular Hbond substituents is 2. The minimum Gasteiger partial charge on any atom is -0.508 e. The summed E-state index contributed by atoms with van der Waals surface area (Å²) in [7, 11) is 0. The Labute approximate surface area is 267 Å². The molecule has 47 heavy (non-hydrogen) atoms. The molecule has 2 aliphatic heterocycles. The molecule has 1 fully saturated rings. The van der Waals surface area contributed by atoms with Crippen molar-refractivity contribution >= 4 is 66.8 Å². The molecular weight excluding hydrogens is 632 g/mol. The highest BCUT2D eigenvalue weighted by atomic mass is 32.1. The van der Waals surface area contributed by atoms with Crippen LogP contribution in [-0.4, -0.2) is 93.1 Å². The Morgan fingerprint density at radius 1 is 0.830 bits per heavy atom. The van der Waals surface area contributed by atoms with Gasteiger partial charge in [-0.2, -0.15) is 0 Å². The van der Waals surface area contributed by atoms with E-state index in [1.54, 1.807) is 24.3 Å². The molecule has 0 spiro atoms. The van der Waals surface area contributed by atoms with Crippen LogP contribution in [0, 0.1) is 0 Å². The standard InChI is InChI=1S/C32H28N4O10S/c37-10-15-4-3-14(47-15)9-33-36-30(44)23-21-16-5-1-12(39)7-18(16)34-25(21)26-22(24(23)31(36)45)17-6-2-13(40)8-19(17)35(26)32-29(43)28(42)27(41)20(11-38)46-32/h1-8,20,27-29,32-34,37-43H,9-11H2/t20-,27-,28+,29-,32-/m1/s1. The van der Waals surface area contributed by atoms with Crippen molar-refractivity contribution in [1.29, 1.82) is 0 Å². The molecule has 5 heterocycles. The second-order valence-corrected chi connectivity index (χ2v) is 12.9. The van der Waals surface area contributed by atoms with E-state index in [0.717, 1.165) is 14.8 Å². The van der Waals surface area contributed by atoms with Crippen LogP contribution in [0.15, 0.2) is 48.5 Å². The summed E-state index contributed by atoms with van der Waals surface area (Å²) in [5.41, 5.74) is 4.37. The van der Waals surface area contributed by atoms with Gasteiger partial charge in [0.15, 0.2) is 6.23 Å². The minimum atomic E-state index is -1.73. The van der Waals surface area contributed by atoms with E-state index >= 15 is 0 Å². The first-order chi connectivity index (χ1) is 22.6. The Morgan fingerprint density at radius 2 is 1.51 bits per heavy atom. The zero-order chi connectivity index (χ0) is 32.9. The van der Waals surface area contributed by atoms with Crippen LogP contribution in [0.4, 0.5) is 0 Å². The van der Waals surface area contributed by atoms with Crippen LogP contribution in [-0.2, 0) is 17.9 Å². The maximum Gasteiger partial charge on any atom is 0.276 e. The molecular formula is C32H28N4O10S. The number of aromatic amines is 1. The van der Waals surface area contributed by atoms with Crippen molar-refractivity contribution in [3.05, 3.63) is 69.4 Å². The van der Waals surface area contributed by atoms with E-state index in [4.69, 9.17) is 4.74 Å². The first-order valence-corrected chi connectivity index (χ1v) is 15.5. The van der Waals surface area contributed by atoms with Gasteiger partial charge in [-0.3, -0.25) is 9.59 Å². The molecule has 3 aromatic carbocycles. The molecule has 14 nitrogen and oxygen atoms in total. The third kappa shape index (κ3) is 4.23. The van der Waals surface area contributed by atoms with E-state index in [0.29, 0.717) is 27.2 Å². The van der Waals surface area contributed by atoms with E-state index in [1.165, 1.54) is 40.2 Å². The maximum absolute atomic E-state index is 14.3. The monoisotopic (exact) mass is 660 g/mol. The number of hydrazine groups is 1. The summed E-state index contributed by atoms with van der Waals surface area (Å²) in [6.07, 6.45) is -7.79. The van der Waals surface area contributed by atoms with Gasteiger partial charge in [0.1, 0.15) is 35.9 Å². The molecule has 2 aliphatic rings. The van der Waals surface area contributed by atoms with Crippen molar-refractivity contribution in [3.8, 4) is 11.5 Å². The van der Waals surface area contributed by atoms with E-state index in [9.17, 15) is 45.3 Å². The molecule has 9 N–H and O–H groups in total. The van der Waals surface area contributed by atoms with Gasteiger partial charge in [0.05, 0.1) is 53.0 Å². The highest BCUT2D eigenvalue weighted by molar-refractivity contribution is 7.11. The molecule has 1 saturated heterocycles. The molecule has 6 aromatic rings. The third-order valence-corrected chi connectivity index (χ3v) is 10.1. The molecule has 3 aromatic heterocycles. The quantitative estimate of drug-likeness (QED) is 0.117. The number of carbonyl (C=O) groups excluding carboxylic acids is 2. The summed E-state index contributed by atoms with van der Waals surface area (Å²) in [4.78, 5) is 33.3. The minimum absolute atomic E-state index is 0.0419. The summed E-state index contributed by atoms with van der Waals surface area (Å²) in [6.45, 7) is -0.708. The topological polar surface area (TPSA) is 221 Å². The van der Waals surface area contributed by atoms with E-state index in [2.05, 4.69) is 10.4 Å². The smallest absolute Gasteiger partial charge is 0.276 e. The molecule has 0 bridgehead atoms. The number of amides is 2. The number of hydrogen-bond acceptors (Lipinski definition) is 12. The van der Waals surface area contributed by atoms with Gasteiger partial charge in [-0.25, -0.2) is 10.4 Å². The number of aliphatic hydroxyl groups is 5. The number of phenols is 2. The fourth-order valence-electron chi connectivity index (χ4n) is 6.88. The second kappa shape index (κ2) is 10.7. The number of ether oxygens (including phenoxy) is 1. The van der Waals surface area contributed by atoms with Gasteiger partial charge < -0.3 is 50.0 Å². The second-order valence-electron chi connectivity index (χ2n) is 11.7. The molecule has 8 rings (SSSR count). The van der Waals surface area contributed by atoms with Crippen molar-refractivity contribution in [2.24, 2.45) is 0 Å². The number of imide groups is 1. The molecule has 0 unspecified atom stereocenters. The van der Waals surface area contributed by atoms with Crippen LogP contribution in [0.2, 0.25) is 0 Å². The zero-order valence-corrected chi connectivity index (χ0v) is 25.1. The Hall–Kier alpha value is -4.58. The number of hydrogen-bond donors (Lipinski definition) is 9. The number of carbonyl (C=O) groups is 2. The van der Waals surface area contributed by atoms with Crippen molar-refractivity contribution in [2.75, 3.05) is 6.61 Å². The molecule has 2 amide bonds. The lowest BCUT2D eigenvalue weighted by atomic mass is 9.96. The Morgan fingerprint density at radius 3 is 2.21 bits per heavy atom. The van der Waals surface area contributed by atoms with Crippen molar-refractivity contribution < 1.29 is 50.1 Å². The van der Waals surface area contributed by atoms with Gasteiger partial charge in [0, 0.05) is 43.4 Å². The van der Waals surface area contributed by atoms with Gasteiger partial charge in [-0.15, -0.1) is 11.3 Å². The van der Waals surface area contributed by atoms with Crippen LogP contribution >= 0.6 is 11.3 Å². The van der Waals surface area contributed by atoms with E-state index in [-0.39, 0.29) is 52.2 Å². The normalized spacial score (nSPS) is 23.3. The summed E-state index contributed by atoms with van der Waals surface area (Å²) < 4.78 is 7.46. The number of thiophene rings is 1. The molecule has 0 radical (unpaired) electrons. The third-order valence-electron chi connectivity index (χ3n) is 9.00. The number of aromatic nitrogens is 2. The number of H-pyrrole nitrogens is 1. The zero-order valence-electron chi connectivity index (χ0n) is 24.3. The highest BCUT2D eigenvalue weighted by Crippen LogP contribution is 2.48. The number of benzene rings is 3. The number of fused-ring (bicyclic) bond motifs is 10. The summed E-state index contributed by atoms with van der Waals surface area (Å²) in [6, 6.07) is 12.4. The number of nitrogens with one attached hydrogen (secondary N) is 2. The van der Waals surface area contributed by atoms with Gasteiger partial charge in [0.25, 0.3) is 11.8 Å². The fraction of sp³-hybridized carbons (Fsp3) is 0.250. The van der Waals surface area contributed by atoms with Crippen molar-refractivity contribution in [2.45, 2.75) is 43.8 Å². The van der Waals surface area contributed by atoms with E-state index < -0.39 is 49.1 Å². The average Bonchev–Trinajstić information content (AvgIpc) is 3.81. The predicted octanol–water partition coefficient (Wildman–Crippen LogP) is 1.67. The van der Waals surface area contributed by atoms with Crippen LogP contribution in [0.1, 0.15) is 36.7 Å². The van der Waals surface area contributed by atoms with Crippen LogP contribution in [0.3, 0.4) is 0 Å². The summed E-state index contributed by atoms with van der Waals surface area (Å²) >= 11 is 1.33. The predicted molar refractivity (Wildman–Crippen MR) is 169 cm³/mol. The lowest BCUT2D eigenvalue weighted by Gasteiger charge is -2.41. The molecule has 0 saturated carbocycles. The van der Waals surface area contributed by atoms with Crippen molar-refractivity contribution in [3.63, 3.8) is 0 Å². The highest BCUT2D eigenvalue weighted by Gasteiger charge is 2.47. The summed E-state index contributed by atoms with van der Waals surface area (Å²) in [5, 5.41) is 75.3. The van der Waals surface area contributed by atoms with Crippen LogP contribution in [0.25, 0.3) is 43.6 Å². The Bertz CT molecular complexity index is 2270. The average molecular weight is 661 g/mol. The molecule has 242 valence electrons.